The molecule has 0 unspecified atom stereocenters. The number of rotatable bonds is 1. The van der Waals surface area contributed by atoms with Crippen LogP contribution in [0.5, 0.6) is 0 Å². The van der Waals surface area contributed by atoms with Gasteiger partial charge in [-0.25, -0.2) is 9.97 Å². The van der Waals surface area contributed by atoms with Gasteiger partial charge in [-0.05, 0) is 34.1 Å². The molecule has 3 aromatic rings. The number of nitrogens with zero attached hydrogens (tertiary/aromatic N) is 2. The standard InChI is InChI=1S/C10H7BrN4/c11-6-4-8-9(13-5-6)15-10(14-8)7-2-1-3-12-7/h1-5,12H,(H,13,14,15). The lowest BCUT2D eigenvalue weighted by molar-refractivity contribution is 1.26. The largest absolute Gasteiger partial charge is 0.359 e. The first-order valence-electron chi connectivity index (χ1n) is 4.48. The molecule has 4 nitrogen and oxygen atoms in total. The lowest BCUT2D eigenvalue weighted by atomic mass is 10.4. The van der Waals surface area contributed by atoms with Crippen LogP contribution in [0.25, 0.3) is 22.7 Å². The fraction of sp³-hybridized carbons (Fsp3) is 0. The molecular formula is C10H7BrN4. The molecule has 0 amide bonds. The minimum absolute atomic E-state index is 0.725. The number of nitrogens with one attached hydrogen (secondary N) is 2. The van der Waals surface area contributed by atoms with Gasteiger partial charge in [0.2, 0.25) is 0 Å². The normalized spacial score (nSPS) is 11.0. The molecule has 0 radical (unpaired) electrons. The molecule has 0 aliphatic carbocycles. The summed E-state index contributed by atoms with van der Waals surface area (Å²) in [5.74, 6) is 0.806. The van der Waals surface area contributed by atoms with E-state index in [1.807, 2.05) is 24.4 Å². The summed E-state index contributed by atoms with van der Waals surface area (Å²) in [7, 11) is 0. The Morgan fingerprint density at radius 3 is 3.07 bits per heavy atom. The van der Waals surface area contributed by atoms with Crippen molar-refractivity contribution >= 4 is 27.1 Å². The number of pyridine rings is 1. The maximum atomic E-state index is 4.38. The first-order chi connectivity index (χ1) is 7.33. The predicted octanol–water partition coefficient (Wildman–Crippen LogP) is 2.72. The Bertz CT molecular complexity index is 597. The van der Waals surface area contributed by atoms with Crippen LogP contribution >= 0.6 is 15.9 Å². The van der Waals surface area contributed by atoms with Crippen molar-refractivity contribution in [2.45, 2.75) is 0 Å². The molecule has 0 bridgehead atoms. The number of imidazole rings is 1. The lowest BCUT2D eigenvalue weighted by Crippen LogP contribution is -1.78. The second kappa shape index (κ2) is 3.20. The van der Waals surface area contributed by atoms with E-state index >= 15 is 0 Å². The molecule has 0 atom stereocenters. The molecule has 15 heavy (non-hydrogen) atoms. The first-order valence-corrected chi connectivity index (χ1v) is 5.27. The second-order valence-corrected chi connectivity index (χ2v) is 4.11. The van der Waals surface area contributed by atoms with Gasteiger partial charge < -0.3 is 9.97 Å². The van der Waals surface area contributed by atoms with E-state index in [1.165, 1.54) is 0 Å². The fourth-order valence-corrected chi connectivity index (χ4v) is 1.81. The van der Waals surface area contributed by atoms with E-state index in [1.54, 1.807) is 6.20 Å². The van der Waals surface area contributed by atoms with Gasteiger partial charge in [0.05, 0.1) is 11.2 Å². The van der Waals surface area contributed by atoms with Crippen molar-refractivity contribution in [3.63, 3.8) is 0 Å². The van der Waals surface area contributed by atoms with Crippen LogP contribution in [0.4, 0.5) is 0 Å². The number of hydrogen-bond donors (Lipinski definition) is 2. The smallest absolute Gasteiger partial charge is 0.178 e. The third kappa shape index (κ3) is 1.45. The third-order valence-electron chi connectivity index (χ3n) is 2.16. The zero-order chi connectivity index (χ0) is 10.3. The molecule has 0 spiro atoms. The molecular weight excluding hydrogens is 256 g/mol. The van der Waals surface area contributed by atoms with Gasteiger partial charge in [-0.3, -0.25) is 0 Å². The summed E-state index contributed by atoms with van der Waals surface area (Å²) in [4.78, 5) is 14.9. The quantitative estimate of drug-likeness (QED) is 0.709. The molecule has 0 aliphatic rings. The van der Waals surface area contributed by atoms with Gasteiger partial charge in [-0.1, -0.05) is 0 Å². The van der Waals surface area contributed by atoms with Gasteiger partial charge in [-0.2, -0.15) is 0 Å². The van der Waals surface area contributed by atoms with Crippen LogP contribution in [0.2, 0.25) is 0 Å². The zero-order valence-corrected chi connectivity index (χ0v) is 9.25. The molecule has 0 aliphatic heterocycles. The molecule has 0 saturated carbocycles. The summed E-state index contributed by atoms with van der Waals surface area (Å²) >= 11 is 3.37. The minimum atomic E-state index is 0.725. The van der Waals surface area contributed by atoms with Gasteiger partial charge in [0.25, 0.3) is 0 Å². The maximum absolute atomic E-state index is 4.38. The molecule has 2 N–H and O–H groups in total. The lowest BCUT2D eigenvalue weighted by Gasteiger charge is -1.88. The number of aromatic amines is 2. The molecule has 74 valence electrons. The Balaban J connectivity index is 2.22. The number of hydrogen-bond acceptors (Lipinski definition) is 2. The molecule has 3 heterocycles. The Labute approximate surface area is 93.9 Å². The second-order valence-electron chi connectivity index (χ2n) is 3.19. The van der Waals surface area contributed by atoms with Crippen molar-refractivity contribution in [1.82, 2.24) is 19.9 Å². The molecule has 0 fully saturated rings. The van der Waals surface area contributed by atoms with Crippen molar-refractivity contribution < 1.29 is 0 Å². The Morgan fingerprint density at radius 2 is 2.27 bits per heavy atom. The van der Waals surface area contributed by atoms with Crippen LogP contribution in [-0.4, -0.2) is 19.9 Å². The highest BCUT2D eigenvalue weighted by Crippen LogP contribution is 2.19. The first kappa shape index (κ1) is 8.67. The van der Waals surface area contributed by atoms with Crippen molar-refractivity contribution in [1.29, 1.82) is 0 Å². The van der Waals surface area contributed by atoms with Gasteiger partial charge >= 0.3 is 0 Å². The Hall–Kier alpha value is -1.62. The average molecular weight is 263 g/mol. The third-order valence-corrected chi connectivity index (χ3v) is 2.59. The van der Waals surface area contributed by atoms with Crippen LogP contribution in [0.1, 0.15) is 0 Å². The molecule has 0 aromatic carbocycles. The van der Waals surface area contributed by atoms with Crippen molar-refractivity contribution in [3.05, 3.63) is 35.1 Å². The number of H-pyrrole nitrogens is 2. The topological polar surface area (TPSA) is 57.4 Å². The molecule has 0 saturated heterocycles. The van der Waals surface area contributed by atoms with Crippen LogP contribution in [0.3, 0.4) is 0 Å². The Kier molecular flexibility index (Phi) is 1.85. The van der Waals surface area contributed by atoms with E-state index in [0.29, 0.717) is 0 Å². The molecule has 5 heteroatoms. The highest BCUT2D eigenvalue weighted by atomic mass is 79.9. The van der Waals surface area contributed by atoms with Crippen LogP contribution < -0.4 is 0 Å². The van der Waals surface area contributed by atoms with E-state index in [9.17, 15) is 0 Å². The van der Waals surface area contributed by atoms with E-state index in [2.05, 4.69) is 35.9 Å². The summed E-state index contributed by atoms with van der Waals surface area (Å²) in [6, 6.07) is 5.86. The highest BCUT2D eigenvalue weighted by molar-refractivity contribution is 9.10. The fourth-order valence-electron chi connectivity index (χ4n) is 1.48. The monoisotopic (exact) mass is 262 g/mol. The highest BCUT2D eigenvalue weighted by Gasteiger charge is 2.06. The van der Waals surface area contributed by atoms with E-state index in [0.717, 1.165) is 27.2 Å². The molecule has 3 aromatic heterocycles. The van der Waals surface area contributed by atoms with E-state index < -0.39 is 0 Å². The summed E-state index contributed by atoms with van der Waals surface area (Å²) in [5.41, 5.74) is 2.61. The minimum Gasteiger partial charge on any atom is -0.359 e. The van der Waals surface area contributed by atoms with E-state index in [4.69, 9.17) is 0 Å². The predicted molar refractivity (Wildman–Crippen MR) is 61.4 cm³/mol. The molecule has 3 rings (SSSR count). The summed E-state index contributed by atoms with van der Waals surface area (Å²) in [5, 5.41) is 0. The Morgan fingerprint density at radius 1 is 1.33 bits per heavy atom. The van der Waals surface area contributed by atoms with Crippen molar-refractivity contribution in [3.8, 4) is 11.5 Å². The van der Waals surface area contributed by atoms with Crippen molar-refractivity contribution in [2.75, 3.05) is 0 Å². The summed E-state index contributed by atoms with van der Waals surface area (Å²) in [6.45, 7) is 0. The van der Waals surface area contributed by atoms with Crippen LogP contribution in [0, 0.1) is 0 Å². The van der Waals surface area contributed by atoms with Gasteiger partial charge in [0, 0.05) is 16.9 Å². The van der Waals surface area contributed by atoms with Gasteiger partial charge in [-0.15, -0.1) is 0 Å². The summed E-state index contributed by atoms with van der Waals surface area (Å²) in [6.07, 6.45) is 3.60. The SMILES string of the molecule is Brc1cnc2nc(-c3ccc[nH]3)[nH]c2c1. The van der Waals surface area contributed by atoms with Crippen LogP contribution in [0.15, 0.2) is 35.1 Å². The average Bonchev–Trinajstić information content (AvgIpc) is 2.84. The number of fused-ring (bicyclic) bond motifs is 1. The van der Waals surface area contributed by atoms with Crippen LogP contribution in [-0.2, 0) is 0 Å². The summed E-state index contributed by atoms with van der Waals surface area (Å²) < 4.78 is 0.941. The van der Waals surface area contributed by atoms with Gasteiger partial charge in [0.15, 0.2) is 11.5 Å². The van der Waals surface area contributed by atoms with Gasteiger partial charge in [0.1, 0.15) is 0 Å². The van der Waals surface area contributed by atoms with Crippen molar-refractivity contribution in [2.24, 2.45) is 0 Å². The number of aromatic nitrogens is 4. The zero-order valence-electron chi connectivity index (χ0n) is 7.66. The maximum Gasteiger partial charge on any atom is 0.178 e. The number of halogens is 1. The van der Waals surface area contributed by atoms with E-state index in [-0.39, 0.29) is 0 Å².